The van der Waals surface area contributed by atoms with Gasteiger partial charge in [-0.2, -0.15) is 13.2 Å². The second-order valence-electron chi connectivity index (χ2n) is 4.11. The summed E-state index contributed by atoms with van der Waals surface area (Å²) in [5.41, 5.74) is -1.43. The summed E-state index contributed by atoms with van der Waals surface area (Å²) in [5, 5.41) is 4.30. The van der Waals surface area contributed by atoms with E-state index in [-0.39, 0.29) is 0 Å². The molecule has 0 aliphatic rings. The van der Waals surface area contributed by atoms with E-state index in [2.05, 4.69) is 5.32 Å². The fourth-order valence-corrected chi connectivity index (χ4v) is 1.48. The molecule has 0 unspecified atom stereocenters. The Morgan fingerprint density at radius 2 is 1.80 bits per heavy atom. The molecular formula is C13H15F3N2O2. The highest BCUT2D eigenvalue weighted by Crippen LogP contribution is 2.34. The van der Waals surface area contributed by atoms with Gasteiger partial charge >= 0.3 is 18.0 Å². The van der Waals surface area contributed by atoms with Gasteiger partial charge in [-0.3, -0.25) is 9.59 Å². The molecule has 0 atom stereocenters. The fourth-order valence-electron chi connectivity index (χ4n) is 1.48. The predicted octanol–water partition coefficient (Wildman–Crippen LogP) is 2.56. The quantitative estimate of drug-likeness (QED) is 0.661. The van der Waals surface area contributed by atoms with E-state index in [0.717, 1.165) is 18.6 Å². The third-order valence-corrected chi connectivity index (χ3v) is 2.50. The largest absolute Gasteiger partial charge is 0.418 e. The van der Waals surface area contributed by atoms with Gasteiger partial charge < -0.3 is 10.6 Å². The molecule has 0 bridgehead atoms. The molecule has 0 radical (unpaired) electrons. The molecule has 0 aromatic heterocycles. The maximum absolute atomic E-state index is 12.7. The minimum Gasteiger partial charge on any atom is -0.348 e. The van der Waals surface area contributed by atoms with E-state index < -0.39 is 29.2 Å². The Kier molecular flexibility index (Phi) is 5.54. The van der Waals surface area contributed by atoms with Gasteiger partial charge in [-0.05, 0) is 18.6 Å². The van der Waals surface area contributed by atoms with Gasteiger partial charge in [-0.1, -0.05) is 25.5 Å². The van der Waals surface area contributed by atoms with E-state index in [1.807, 2.05) is 12.2 Å². The molecule has 4 nitrogen and oxygen atoms in total. The average Bonchev–Trinajstić information content (AvgIpc) is 2.38. The lowest BCUT2D eigenvalue weighted by atomic mass is 10.1. The molecule has 0 saturated carbocycles. The first kappa shape index (κ1) is 16.0. The zero-order valence-corrected chi connectivity index (χ0v) is 10.9. The summed E-state index contributed by atoms with van der Waals surface area (Å²) < 4.78 is 38.1. The second-order valence-corrected chi connectivity index (χ2v) is 4.11. The lowest BCUT2D eigenvalue weighted by Gasteiger charge is -2.13. The number of benzene rings is 1. The van der Waals surface area contributed by atoms with Crippen LogP contribution in [-0.4, -0.2) is 18.4 Å². The van der Waals surface area contributed by atoms with Crippen LogP contribution in [0.25, 0.3) is 0 Å². The average molecular weight is 288 g/mol. The maximum atomic E-state index is 12.7. The second kappa shape index (κ2) is 6.93. The van der Waals surface area contributed by atoms with E-state index in [1.54, 1.807) is 0 Å². The van der Waals surface area contributed by atoms with Crippen LogP contribution in [0.2, 0.25) is 0 Å². The van der Waals surface area contributed by atoms with E-state index in [0.29, 0.717) is 13.0 Å². The van der Waals surface area contributed by atoms with Crippen LogP contribution in [0.1, 0.15) is 25.3 Å². The molecular weight excluding hydrogens is 273 g/mol. The molecule has 1 aromatic carbocycles. The van der Waals surface area contributed by atoms with Crippen LogP contribution >= 0.6 is 0 Å². The van der Waals surface area contributed by atoms with Gasteiger partial charge in [0, 0.05) is 6.54 Å². The first-order valence-corrected chi connectivity index (χ1v) is 6.11. The first-order valence-electron chi connectivity index (χ1n) is 6.11. The fraction of sp³-hybridized carbons (Fsp3) is 0.385. The Morgan fingerprint density at radius 1 is 1.15 bits per heavy atom. The molecule has 7 heteroatoms. The Morgan fingerprint density at radius 3 is 2.40 bits per heavy atom. The van der Waals surface area contributed by atoms with Crippen molar-refractivity contribution in [3.63, 3.8) is 0 Å². The molecule has 2 N–H and O–H groups in total. The molecule has 0 aliphatic heterocycles. The van der Waals surface area contributed by atoms with E-state index in [9.17, 15) is 22.8 Å². The smallest absolute Gasteiger partial charge is 0.348 e. The van der Waals surface area contributed by atoms with Gasteiger partial charge in [0.05, 0.1) is 11.3 Å². The summed E-state index contributed by atoms with van der Waals surface area (Å²) >= 11 is 0. The van der Waals surface area contributed by atoms with Crippen LogP contribution in [0, 0.1) is 0 Å². The lowest BCUT2D eigenvalue weighted by molar-refractivity contribution is -0.138. The lowest BCUT2D eigenvalue weighted by Crippen LogP contribution is -2.36. The van der Waals surface area contributed by atoms with Crippen molar-refractivity contribution in [1.82, 2.24) is 5.32 Å². The van der Waals surface area contributed by atoms with Crippen LogP contribution < -0.4 is 10.6 Å². The van der Waals surface area contributed by atoms with Crippen LogP contribution in [0.3, 0.4) is 0 Å². The van der Waals surface area contributed by atoms with Gasteiger partial charge in [-0.25, -0.2) is 0 Å². The van der Waals surface area contributed by atoms with E-state index in [1.165, 1.54) is 12.1 Å². The van der Waals surface area contributed by atoms with Gasteiger partial charge in [0.15, 0.2) is 0 Å². The Labute approximate surface area is 114 Å². The zero-order chi connectivity index (χ0) is 15.2. The number of alkyl halides is 3. The van der Waals surface area contributed by atoms with Crippen LogP contribution in [-0.2, 0) is 15.8 Å². The standard InChI is InChI=1S/C13H15F3N2O2/c1-2-3-8-17-11(19)12(20)18-10-7-5-4-6-9(10)13(14,15)16/h4-7H,2-3,8H2,1H3,(H,17,19)(H,18,20). The van der Waals surface area contributed by atoms with Gasteiger partial charge in [0.25, 0.3) is 0 Å². The number of carbonyl (C=O) groups excluding carboxylic acids is 2. The maximum Gasteiger partial charge on any atom is 0.418 e. The van der Waals surface area contributed by atoms with Crippen molar-refractivity contribution >= 4 is 17.5 Å². The number of halogens is 3. The number of amides is 2. The van der Waals surface area contributed by atoms with Crippen LogP contribution in [0.4, 0.5) is 18.9 Å². The Bertz CT molecular complexity index is 487. The summed E-state index contributed by atoms with van der Waals surface area (Å²) in [7, 11) is 0. The minimum absolute atomic E-state index is 0.309. The number of unbranched alkanes of at least 4 members (excludes halogenated alkanes) is 1. The first-order chi connectivity index (χ1) is 9.36. The number of carbonyl (C=O) groups is 2. The predicted molar refractivity (Wildman–Crippen MR) is 68.0 cm³/mol. The van der Waals surface area contributed by atoms with Crippen molar-refractivity contribution in [1.29, 1.82) is 0 Å². The molecule has 0 spiro atoms. The Hall–Kier alpha value is -2.05. The number of rotatable bonds is 4. The highest BCUT2D eigenvalue weighted by atomic mass is 19.4. The summed E-state index contributed by atoms with van der Waals surface area (Å²) in [6.45, 7) is 2.22. The van der Waals surface area contributed by atoms with Gasteiger partial charge in [0.1, 0.15) is 0 Å². The monoisotopic (exact) mass is 288 g/mol. The third kappa shape index (κ3) is 4.56. The molecule has 2 amide bonds. The molecule has 0 heterocycles. The van der Waals surface area contributed by atoms with Crippen molar-refractivity contribution in [2.24, 2.45) is 0 Å². The number of nitrogens with one attached hydrogen (secondary N) is 2. The van der Waals surface area contributed by atoms with Crippen molar-refractivity contribution in [3.05, 3.63) is 29.8 Å². The van der Waals surface area contributed by atoms with Crippen molar-refractivity contribution in [3.8, 4) is 0 Å². The number of para-hydroxylation sites is 1. The topological polar surface area (TPSA) is 58.2 Å². The number of anilines is 1. The van der Waals surface area contributed by atoms with Crippen molar-refractivity contribution in [2.75, 3.05) is 11.9 Å². The summed E-state index contributed by atoms with van der Waals surface area (Å²) in [6, 6.07) is 4.49. The normalized spacial score (nSPS) is 11.0. The molecule has 110 valence electrons. The molecule has 0 fully saturated rings. The summed E-state index contributed by atoms with van der Waals surface area (Å²) in [5.74, 6) is -2.06. The Balaban J connectivity index is 2.74. The summed E-state index contributed by atoms with van der Waals surface area (Å²) in [6.07, 6.45) is -3.07. The highest BCUT2D eigenvalue weighted by molar-refractivity contribution is 6.39. The third-order valence-electron chi connectivity index (χ3n) is 2.50. The van der Waals surface area contributed by atoms with Gasteiger partial charge in [-0.15, -0.1) is 0 Å². The summed E-state index contributed by atoms with van der Waals surface area (Å²) in [4.78, 5) is 22.9. The zero-order valence-electron chi connectivity index (χ0n) is 10.9. The minimum atomic E-state index is -4.59. The molecule has 0 saturated heterocycles. The van der Waals surface area contributed by atoms with Gasteiger partial charge in [0.2, 0.25) is 0 Å². The van der Waals surface area contributed by atoms with Crippen molar-refractivity contribution in [2.45, 2.75) is 25.9 Å². The van der Waals surface area contributed by atoms with Crippen molar-refractivity contribution < 1.29 is 22.8 Å². The SMILES string of the molecule is CCCCNC(=O)C(=O)Nc1ccccc1C(F)(F)F. The number of hydrogen-bond acceptors (Lipinski definition) is 2. The molecule has 1 rings (SSSR count). The van der Waals surface area contributed by atoms with E-state index >= 15 is 0 Å². The molecule has 1 aromatic rings. The number of hydrogen-bond donors (Lipinski definition) is 2. The van der Waals surface area contributed by atoms with E-state index in [4.69, 9.17) is 0 Å². The molecule has 0 aliphatic carbocycles. The molecule has 20 heavy (non-hydrogen) atoms. The van der Waals surface area contributed by atoms with Crippen LogP contribution in [0.5, 0.6) is 0 Å². The highest BCUT2D eigenvalue weighted by Gasteiger charge is 2.33. The van der Waals surface area contributed by atoms with Crippen LogP contribution in [0.15, 0.2) is 24.3 Å².